The molecule has 5 nitrogen and oxygen atoms in total. The van der Waals surface area contributed by atoms with Gasteiger partial charge in [0.25, 0.3) is 0 Å². The second-order valence-corrected chi connectivity index (χ2v) is 4.64. The molecular weight excluding hydrogens is 240 g/mol. The van der Waals surface area contributed by atoms with E-state index in [-0.39, 0.29) is 5.78 Å². The smallest absolute Gasteiger partial charge is 0.198 e. The van der Waals surface area contributed by atoms with Crippen molar-refractivity contribution in [3.8, 4) is 6.07 Å². The Bertz CT molecular complexity index is 692. The van der Waals surface area contributed by atoms with E-state index >= 15 is 0 Å². The maximum absolute atomic E-state index is 12.3. The summed E-state index contributed by atoms with van der Waals surface area (Å²) >= 11 is 0. The maximum atomic E-state index is 12.3. The lowest BCUT2D eigenvalue weighted by molar-refractivity contribution is 0.103. The Kier molecular flexibility index (Phi) is 2.57. The molecule has 0 radical (unpaired) electrons. The predicted octanol–water partition coefficient (Wildman–Crippen LogP) is 1.90. The molecular formula is C14H12N4O. The Hall–Kier alpha value is -2.61. The number of anilines is 1. The predicted molar refractivity (Wildman–Crippen MR) is 69.5 cm³/mol. The average molecular weight is 252 g/mol. The summed E-state index contributed by atoms with van der Waals surface area (Å²) in [5.41, 5.74) is 7.29. The van der Waals surface area contributed by atoms with Crippen LogP contribution in [-0.2, 0) is 0 Å². The first-order chi connectivity index (χ1) is 9.20. The number of carbonyl (C=O) groups excluding carboxylic acids is 1. The summed E-state index contributed by atoms with van der Waals surface area (Å²) in [6.45, 7) is 0. The molecule has 0 amide bonds. The third-order valence-electron chi connectivity index (χ3n) is 3.23. The summed E-state index contributed by atoms with van der Waals surface area (Å²) in [5.74, 6) is 0.219. The Morgan fingerprint density at radius 3 is 2.95 bits per heavy atom. The summed E-state index contributed by atoms with van der Waals surface area (Å²) in [5, 5.41) is 13.0. The highest BCUT2D eigenvalue weighted by atomic mass is 16.1. The number of aromatic nitrogens is 2. The van der Waals surface area contributed by atoms with Gasteiger partial charge in [-0.25, -0.2) is 4.68 Å². The van der Waals surface area contributed by atoms with Crippen LogP contribution in [0.3, 0.4) is 0 Å². The summed E-state index contributed by atoms with van der Waals surface area (Å²) in [4.78, 5) is 12.3. The number of hydrogen-bond acceptors (Lipinski definition) is 4. The van der Waals surface area contributed by atoms with Crippen LogP contribution in [0, 0.1) is 11.3 Å². The van der Waals surface area contributed by atoms with E-state index in [9.17, 15) is 4.79 Å². The minimum Gasteiger partial charge on any atom is -0.383 e. The number of rotatable bonds is 3. The lowest BCUT2D eigenvalue weighted by atomic mass is 10.0. The zero-order chi connectivity index (χ0) is 13.4. The van der Waals surface area contributed by atoms with E-state index in [2.05, 4.69) is 5.10 Å². The molecule has 1 saturated carbocycles. The average Bonchev–Trinajstić information content (AvgIpc) is 3.21. The molecule has 19 heavy (non-hydrogen) atoms. The molecule has 5 heteroatoms. The molecule has 0 unspecified atom stereocenters. The molecule has 0 bridgehead atoms. The lowest BCUT2D eigenvalue weighted by Gasteiger charge is -2.03. The highest BCUT2D eigenvalue weighted by Gasteiger charge is 2.28. The van der Waals surface area contributed by atoms with Gasteiger partial charge in [-0.15, -0.1) is 0 Å². The molecule has 1 aromatic carbocycles. The maximum Gasteiger partial charge on any atom is 0.198 e. The molecule has 3 rings (SSSR count). The molecule has 1 heterocycles. The summed E-state index contributed by atoms with van der Waals surface area (Å²) in [7, 11) is 0. The van der Waals surface area contributed by atoms with Crippen molar-refractivity contribution in [3.63, 3.8) is 0 Å². The number of carbonyl (C=O) groups is 1. The van der Waals surface area contributed by atoms with E-state index in [1.165, 1.54) is 6.20 Å². The van der Waals surface area contributed by atoms with Crippen LogP contribution in [0.1, 0.15) is 40.4 Å². The van der Waals surface area contributed by atoms with Gasteiger partial charge in [-0.05, 0) is 25.0 Å². The number of nitrogen functional groups attached to an aromatic ring is 1. The molecule has 0 atom stereocenters. The van der Waals surface area contributed by atoms with Gasteiger partial charge >= 0.3 is 0 Å². The Morgan fingerprint density at radius 2 is 2.26 bits per heavy atom. The number of nitrogens with two attached hydrogens (primary N) is 1. The third kappa shape index (κ3) is 1.97. The van der Waals surface area contributed by atoms with Crippen LogP contribution < -0.4 is 5.73 Å². The van der Waals surface area contributed by atoms with Crippen LogP contribution in [0.15, 0.2) is 30.5 Å². The first-order valence-electron chi connectivity index (χ1n) is 6.08. The topological polar surface area (TPSA) is 84.7 Å². The summed E-state index contributed by atoms with van der Waals surface area (Å²) in [6, 6.07) is 8.95. The van der Waals surface area contributed by atoms with Crippen molar-refractivity contribution in [2.45, 2.75) is 18.9 Å². The second kappa shape index (κ2) is 4.25. The van der Waals surface area contributed by atoms with Crippen molar-refractivity contribution in [3.05, 3.63) is 47.2 Å². The molecule has 2 N–H and O–H groups in total. The first-order valence-corrected chi connectivity index (χ1v) is 6.08. The van der Waals surface area contributed by atoms with Crippen molar-refractivity contribution < 1.29 is 4.79 Å². The van der Waals surface area contributed by atoms with Crippen molar-refractivity contribution >= 4 is 11.6 Å². The van der Waals surface area contributed by atoms with E-state index in [0.29, 0.717) is 28.6 Å². The Labute approximate surface area is 110 Å². The van der Waals surface area contributed by atoms with Gasteiger partial charge in [0.15, 0.2) is 5.78 Å². The van der Waals surface area contributed by atoms with Gasteiger partial charge in [0.1, 0.15) is 5.82 Å². The number of benzene rings is 1. The minimum absolute atomic E-state index is 0.193. The molecule has 0 saturated heterocycles. The molecule has 0 spiro atoms. The van der Waals surface area contributed by atoms with Crippen LogP contribution in [0.2, 0.25) is 0 Å². The monoisotopic (exact) mass is 252 g/mol. The van der Waals surface area contributed by atoms with Gasteiger partial charge in [0.05, 0.1) is 29.4 Å². The van der Waals surface area contributed by atoms with Crippen LogP contribution in [-0.4, -0.2) is 15.6 Å². The van der Waals surface area contributed by atoms with Gasteiger partial charge in [0, 0.05) is 5.56 Å². The van der Waals surface area contributed by atoms with Crippen LogP contribution in [0.5, 0.6) is 0 Å². The van der Waals surface area contributed by atoms with Gasteiger partial charge in [0.2, 0.25) is 0 Å². The second-order valence-electron chi connectivity index (χ2n) is 4.64. The largest absolute Gasteiger partial charge is 0.383 e. The number of hydrogen-bond donors (Lipinski definition) is 1. The SMILES string of the molecule is N#Cc1cccc(C(=O)c2cnn(C3CC3)c2N)c1. The van der Waals surface area contributed by atoms with Gasteiger partial charge in [-0.1, -0.05) is 12.1 Å². The van der Waals surface area contributed by atoms with E-state index in [1.807, 2.05) is 6.07 Å². The minimum atomic E-state index is -0.193. The van der Waals surface area contributed by atoms with Gasteiger partial charge < -0.3 is 5.73 Å². The van der Waals surface area contributed by atoms with Crippen LogP contribution in [0.25, 0.3) is 0 Å². The first kappa shape index (κ1) is 11.5. The van der Waals surface area contributed by atoms with Crippen molar-refractivity contribution in [1.82, 2.24) is 9.78 Å². The summed E-state index contributed by atoms with van der Waals surface area (Å²) in [6.07, 6.45) is 3.63. The van der Waals surface area contributed by atoms with Crippen LogP contribution in [0.4, 0.5) is 5.82 Å². The number of ketones is 1. The fourth-order valence-corrected chi connectivity index (χ4v) is 2.04. The van der Waals surface area contributed by atoms with Crippen molar-refractivity contribution in [2.75, 3.05) is 5.73 Å². The van der Waals surface area contributed by atoms with E-state index < -0.39 is 0 Å². The Balaban J connectivity index is 1.97. The zero-order valence-electron chi connectivity index (χ0n) is 10.2. The molecule has 0 aliphatic heterocycles. The van der Waals surface area contributed by atoms with Crippen molar-refractivity contribution in [1.29, 1.82) is 5.26 Å². The zero-order valence-corrected chi connectivity index (χ0v) is 10.2. The van der Waals surface area contributed by atoms with E-state index in [0.717, 1.165) is 12.8 Å². The molecule has 1 aliphatic carbocycles. The van der Waals surface area contributed by atoms with E-state index in [1.54, 1.807) is 28.9 Å². The number of nitriles is 1. The van der Waals surface area contributed by atoms with Crippen molar-refractivity contribution in [2.24, 2.45) is 0 Å². The Morgan fingerprint density at radius 1 is 1.47 bits per heavy atom. The molecule has 1 aliphatic rings. The third-order valence-corrected chi connectivity index (χ3v) is 3.23. The van der Waals surface area contributed by atoms with Gasteiger partial charge in [-0.2, -0.15) is 10.4 Å². The van der Waals surface area contributed by atoms with Crippen LogP contribution >= 0.6 is 0 Å². The number of nitrogens with zero attached hydrogens (tertiary/aromatic N) is 3. The molecule has 1 aromatic heterocycles. The normalized spacial score (nSPS) is 14.1. The fourth-order valence-electron chi connectivity index (χ4n) is 2.04. The molecule has 94 valence electrons. The molecule has 2 aromatic rings. The lowest BCUT2D eigenvalue weighted by Crippen LogP contribution is -2.07. The fraction of sp³-hybridized carbons (Fsp3) is 0.214. The standard InChI is InChI=1S/C14H12N4O/c15-7-9-2-1-3-10(6-9)13(19)12-8-17-18(14(12)16)11-4-5-11/h1-3,6,8,11H,4-5,16H2. The molecule has 1 fully saturated rings. The quantitative estimate of drug-likeness (QED) is 0.845. The highest BCUT2D eigenvalue weighted by Crippen LogP contribution is 2.37. The summed E-state index contributed by atoms with van der Waals surface area (Å²) < 4.78 is 1.71. The van der Waals surface area contributed by atoms with Gasteiger partial charge in [-0.3, -0.25) is 4.79 Å². The van der Waals surface area contributed by atoms with E-state index in [4.69, 9.17) is 11.0 Å². The highest BCUT2D eigenvalue weighted by molar-refractivity contribution is 6.11.